The number of halogens is 3. The molecule has 3 aromatic carbocycles. The van der Waals surface area contributed by atoms with E-state index in [2.05, 4.69) is 4.98 Å². The largest absolute Gasteiger partial charge is 0.496 e. The van der Waals surface area contributed by atoms with Crippen LogP contribution in [0.1, 0.15) is 40.9 Å². The molecule has 7 nitrogen and oxygen atoms in total. The van der Waals surface area contributed by atoms with E-state index >= 15 is 0 Å². The molecule has 0 bridgehead atoms. The van der Waals surface area contributed by atoms with Crippen molar-refractivity contribution in [2.24, 2.45) is 0 Å². The fourth-order valence-electron chi connectivity index (χ4n) is 4.85. The van der Waals surface area contributed by atoms with Gasteiger partial charge in [0.2, 0.25) is 5.91 Å². The summed E-state index contributed by atoms with van der Waals surface area (Å²) in [6, 6.07) is 17.2. The maximum Gasteiger partial charge on any atom is 0.416 e. The molecule has 0 unspecified atom stereocenters. The number of aromatic nitrogens is 1. The number of alkyl halides is 3. The van der Waals surface area contributed by atoms with Crippen molar-refractivity contribution in [2.75, 3.05) is 27.3 Å². The minimum atomic E-state index is -4.46. The highest BCUT2D eigenvalue weighted by Gasteiger charge is 2.31. The van der Waals surface area contributed by atoms with E-state index in [4.69, 9.17) is 9.47 Å². The summed E-state index contributed by atoms with van der Waals surface area (Å²) >= 11 is 0. The number of carbonyl (C=O) groups is 2. The quantitative estimate of drug-likeness (QED) is 0.225. The number of rotatable bonds is 11. The lowest BCUT2D eigenvalue weighted by Crippen LogP contribution is -2.46. The summed E-state index contributed by atoms with van der Waals surface area (Å²) in [4.78, 5) is 33.8. The second-order valence-electron chi connectivity index (χ2n) is 10.2. The minimum absolute atomic E-state index is 0.0808. The van der Waals surface area contributed by atoms with Crippen LogP contribution in [0.5, 0.6) is 11.5 Å². The number of hydrogen-bond donors (Lipinski definition) is 1. The predicted octanol–water partition coefficient (Wildman–Crippen LogP) is 6.33. The van der Waals surface area contributed by atoms with E-state index in [-0.39, 0.29) is 30.6 Å². The Bertz CT molecular complexity index is 1510. The topological polar surface area (TPSA) is 74.9 Å². The molecular weight excluding hydrogens is 547 g/mol. The van der Waals surface area contributed by atoms with Gasteiger partial charge >= 0.3 is 6.18 Å². The molecule has 222 valence electrons. The molecular formula is C32H34F3N3O4. The van der Waals surface area contributed by atoms with Crippen LogP contribution in [0.2, 0.25) is 0 Å². The zero-order valence-corrected chi connectivity index (χ0v) is 24.0. The molecule has 1 aromatic heterocycles. The lowest BCUT2D eigenvalue weighted by atomic mass is 10.1. The summed E-state index contributed by atoms with van der Waals surface area (Å²) in [7, 11) is 2.90. The average Bonchev–Trinajstić information content (AvgIpc) is 3.39. The zero-order chi connectivity index (χ0) is 30.4. The summed E-state index contributed by atoms with van der Waals surface area (Å²) in [6.07, 6.45) is -2.06. The lowest BCUT2D eigenvalue weighted by molar-refractivity contribution is -0.137. The Morgan fingerprint density at radius 3 is 2.14 bits per heavy atom. The first-order chi connectivity index (χ1) is 20.0. The number of aromatic amines is 1. The predicted molar refractivity (Wildman–Crippen MR) is 155 cm³/mol. The van der Waals surface area contributed by atoms with Crippen LogP contribution in [-0.2, 0) is 23.9 Å². The normalized spacial score (nSPS) is 11.5. The summed E-state index contributed by atoms with van der Waals surface area (Å²) < 4.78 is 50.2. The van der Waals surface area contributed by atoms with E-state index in [1.165, 1.54) is 31.3 Å². The Morgan fingerprint density at radius 2 is 1.55 bits per heavy atom. The van der Waals surface area contributed by atoms with Crippen LogP contribution in [-0.4, -0.2) is 59.9 Å². The molecule has 0 fully saturated rings. The van der Waals surface area contributed by atoms with E-state index < -0.39 is 17.6 Å². The first-order valence-corrected chi connectivity index (χ1v) is 13.5. The molecule has 1 heterocycles. The highest BCUT2D eigenvalue weighted by molar-refractivity contribution is 6.01. The Labute approximate surface area is 242 Å². The number of nitrogens with one attached hydrogen (secondary N) is 1. The highest BCUT2D eigenvalue weighted by Crippen LogP contribution is 2.31. The van der Waals surface area contributed by atoms with Crippen molar-refractivity contribution in [3.63, 3.8) is 0 Å². The second kappa shape index (κ2) is 13.0. The Hall–Kier alpha value is -4.47. The van der Waals surface area contributed by atoms with Crippen molar-refractivity contribution in [1.29, 1.82) is 0 Å². The van der Waals surface area contributed by atoms with Gasteiger partial charge in [0.25, 0.3) is 5.91 Å². The van der Waals surface area contributed by atoms with Crippen LogP contribution in [0.15, 0.2) is 72.9 Å². The molecule has 0 atom stereocenters. The van der Waals surface area contributed by atoms with Crippen molar-refractivity contribution in [3.05, 3.63) is 95.2 Å². The molecule has 42 heavy (non-hydrogen) atoms. The summed E-state index contributed by atoms with van der Waals surface area (Å²) in [5.41, 5.74) is 1.97. The van der Waals surface area contributed by atoms with Crippen molar-refractivity contribution in [2.45, 2.75) is 39.0 Å². The number of H-pyrrole nitrogens is 1. The van der Waals surface area contributed by atoms with Gasteiger partial charge in [0.1, 0.15) is 23.6 Å². The molecule has 1 N–H and O–H groups in total. The number of hydrogen-bond acceptors (Lipinski definition) is 4. The first-order valence-electron chi connectivity index (χ1n) is 13.5. The molecule has 10 heteroatoms. The first kappa shape index (κ1) is 30.5. The van der Waals surface area contributed by atoms with Gasteiger partial charge in [0.05, 0.1) is 19.8 Å². The smallest absolute Gasteiger partial charge is 0.416 e. The minimum Gasteiger partial charge on any atom is -0.496 e. The summed E-state index contributed by atoms with van der Waals surface area (Å²) in [5, 5.41) is 1.03. The number of para-hydroxylation sites is 1. The van der Waals surface area contributed by atoms with Crippen molar-refractivity contribution in [1.82, 2.24) is 14.8 Å². The fourth-order valence-corrected chi connectivity index (χ4v) is 4.85. The van der Waals surface area contributed by atoms with Crippen molar-refractivity contribution < 1.29 is 32.2 Å². The van der Waals surface area contributed by atoms with Gasteiger partial charge in [-0.15, -0.1) is 0 Å². The average molecular weight is 582 g/mol. The van der Waals surface area contributed by atoms with Crippen molar-refractivity contribution in [3.8, 4) is 11.5 Å². The standard InChI is InChI=1S/C32H34F3N3O4/c1-21(2)38(31(40)30-27(41-3)10-7-11-28(30)42-4)20-29(39)37(19-22-12-14-24(15-13-22)32(33,34)35)17-16-23-18-36-26-9-6-5-8-25(23)26/h5-15,18,21,36H,16-17,19-20H2,1-4H3. The maximum absolute atomic E-state index is 13.8. The fraction of sp³-hybridized carbons (Fsp3) is 0.312. The third kappa shape index (κ3) is 6.87. The summed E-state index contributed by atoms with van der Waals surface area (Å²) in [6.45, 7) is 3.74. The molecule has 0 aliphatic carbocycles. The molecule has 2 amide bonds. The van der Waals surface area contributed by atoms with Crippen LogP contribution >= 0.6 is 0 Å². The third-order valence-electron chi connectivity index (χ3n) is 7.16. The van der Waals surface area contributed by atoms with E-state index in [1.807, 2.05) is 30.5 Å². The molecule has 0 aliphatic rings. The Morgan fingerprint density at radius 1 is 0.905 bits per heavy atom. The number of carbonyl (C=O) groups excluding carboxylic acids is 2. The lowest BCUT2D eigenvalue weighted by Gasteiger charge is -2.31. The molecule has 0 aliphatic heterocycles. The molecule has 0 saturated carbocycles. The Kier molecular flexibility index (Phi) is 9.45. The summed E-state index contributed by atoms with van der Waals surface area (Å²) in [5.74, 6) is -0.138. The number of methoxy groups -OCH3 is 2. The number of benzene rings is 3. The van der Waals surface area contributed by atoms with Gasteiger partial charge in [-0.25, -0.2) is 0 Å². The van der Waals surface area contributed by atoms with Crippen LogP contribution in [0, 0.1) is 0 Å². The third-order valence-corrected chi connectivity index (χ3v) is 7.16. The van der Waals surface area contributed by atoms with Gasteiger partial charge in [0.15, 0.2) is 0 Å². The van der Waals surface area contributed by atoms with Gasteiger partial charge < -0.3 is 24.3 Å². The SMILES string of the molecule is COc1cccc(OC)c1C(=O)N(CC(=O)N(CCc1c[nH]c2ccccc12)Cc1ccc(C(F)(F)F)cc1)C(C)C. The van der Waals surface area contributed by atoms with E-state index in [1.54, 1.807) is 36.9 Å². The van der Waals surface area contributed by atoms with Gasteiger partial charge in [-0.2, -0.15) is 13.2 Å². The van der Waals surface area contributed by atoms with Crippen molar-refractivity contribution >= 4 is 22.7 Å². The molecule has 0 spiro atoms. The maximum atomic E-state index is 13.8. The van der Waals surface area contributed by atoms with E-state index in [0.717, 1.165) is 28.6 Å². The van der Waals surface area contributed by atoms with Crippen LogP contribution in [0.3, 0.4) is 0 Å². The van der Waals surface area contributed by atoms with Gasteiger partial charge in [-0.1, -0.05) is 36.4 Å². The van der Waals surface area contributed by atoms with Gasteiger partial charge in [0, 0.05) is 36.2 Å². The zero-order valence-electron chi connectivity index (χ0n) is 24.0. The van der Waals surface area contributed by atoms with Gasteiger partial charge in [-0.3, -0.25) is 9.59 Å². The van der Waals surface area contributed by atoms with Crippen LogP contribution < -0.4 is 9.47 Å². The molecule has 4 rings (SSSR count). The Balaban J connectivity index is 1.61. The number of amides is 2. The van der Waals surface area contributed by atoms with E-state index in [0.29, 0.717) is 30.0 Å². The monoisotopic (exact) mass is 581 g/mol. The van der Waals surface area contributed by atoms with E-state index in [9.17, 15) is 22.8 Å². The van der Waals surface area contributed by atoms with Gasteiger partial charge in [-0.05, 0) is 61.7 Å². The number of nitrogens with zero attached hydrogens (tertiary/aromatic N) is 2. The number of ether oxygens (including phenoxy) is 2. The highest BCUT2D eigenvalue weighted by atomic mass is 19.4. The van der Waals surface area contributed by atoms with Crippen LogP contribution in [0.4, 0.5) is 13.2 Å². The molecule has 4 aromatic rings. The number of fused-ring (bicyclic) bond motifs is 1. The molecule has 0 radical (unpaired) electrons. The second-order valence-corrected chi connectivity index (χ2v) is 10.2. The van der Waals surface area contributed by atoms with Crippen LogP contribution in [0.25, 0.3) is 10.9 Å². The molecule has 0 saturated heterocycles.